The summed E-state index contributed by atoms with van der Waals surface area (Å²) in [5.74, 6) is 0. The van der Waals surface area contributed by atoms with Gasteiger partial charge in [0.05, 0.1) is 17.4 Å². The lowest BCUT2D eigenvalue weighted by Gasteiger charge is -2.23. The Labute approximate surface area is 190 Å². The molecule has 4 aromatic rings. The molecule has 6 rings (SSSR count). The molecule has 2 aliphatic carbocycles. The van der Waals surface area contributed by atoms with Crippen LogP contribution in [0.4, 0.5) is 0 Å². The van der Waals surface area contributed by atoms with Gasteiger partial charge in [-0.1, -0.05) is 25.0 Å². The van der Waals surface area contributed by atoms with Gasteiger partial charge in [0.25, 0.3) is 5.56 Å². The van der Waals surface area contributed by atoms with Crippen molar-refractivity contribution in [1.29, 1.82) is 0 Å². The summed E-state index contributed by atoms with van der Waals surface area (Å²) in [6.07, 6.45) is 13.2. The molecular weight excluding hydrogens is 418 g/mol. The zero-order valence-corrected chi connectivity index (χ0v) is 18.9. The summed E-state index contributed by atoms with van der Waals surface area (Å²) in [5, 5.41) is 8.91. The van der Waals surface area contributed by atoms with Crippen molar-refractivity contribution in [2.75, 3.05) is 0 Å². The second-order valence-corrected chi connectivity index (χ2v) is 10.1. The van der Waals surface area contributed by atoms with Crippen LogP contribution >= 0.6 is 11.3 Å². The monoisotopic (exact) mass is 445 g/mol. The third-order valence-corrected chi connectivity index (χ3v) is 8.18. The Balaban J connectivity index is 1.16. The highest BCUT2D eigenvalue weighted by Crippen LogP contribution is 2.35. The van der Waals surface area contributed by atoms with Crippen LogP contribution in [0.1, 0.15) is 54.1 Å². The van der Waals surface area contributed by atoms with E-state index in [9.17, 15) is 4.79 Å². The van der Waals surface area contributed by atoms with Crippen molar-refractivity contribution in [1.82, 2.24) is 24.6 Å². The maximum atomic E-state index is 13.3. The molecule has 1 N–H and O–H groups in total. The van der Waals surface area contributed by atoms with Crippen LogP contribution in [-0.2, 0) is 19.4 Å². The second-order valence-electron chi connectivity index (χ2n) is 9.02. The van der Waals surface area contributed by atoms with Crippen molar-refractivity contribution in [3.8, 4) is 5.69 Å². The SMILES string of the molecule is O=c1c2c3c(sc2ncn1C1CCCC1)CC(NCc1ccc(-n2cccn2)cc1)CC3. The van der Waals surface area contributed by atoms with Crippen LogP contribution in [0.2, 0.25) is 0 Å². The fourth-order valence-corrected chi connectivity index (χ4v) is 6.50. The highest BCUT2D eigenvalue weighted by atomic mass is 32.1. The molecule has 0 saturated heterocycles. The van der Waals surface area contributed by atoms with Crippen LogP contribution in [0, 0.1) is 0 Å². The molecule has 32 heavy (non-hydrogen) atoms. The van der Waals surface area contributed by atoms with E-state index in [0.717, 1.165) is 54.6 Å². The number of thiophene rings is 1. The number of fused-ring (bicyclic) bond motifs is 3. The normalized spacial score (nSPS) is 18.9. The van der Waals surface area contributed by atoms with Crippen LogP contribution in [-0.4, -0.2) is 25.4 Å². The first-order chi connectivity index (χ1) is 15.8. The van der Waals surface area contributed by atoms with E-state index in [0.29, 0.717) is 12.1 Å². The maximum Gasteiger partial charge on any atom is 0.262 e. The first kappa shape index (κ1) is 19.9. The number of aromatic nitrogens is 4. The first-order valence-electron chi connectivity index (χ1n) is 11.6. The van der Waals surface area contributed by atoms with Crippen molar-refractivity contribution in [3.05, 3.63) is 75.4 Å². The largest absolute Gasteiger partial charge is 0.310 e. The quantitative estimate of drug-likeness (QED) is 0.494. The Morgan fingerprint density at radius 1 is 1.12 bits per heavy atom. The van der Waals surface area contributed by atoms with Gasteiger partial charge in [-0.05, 0) is 61.4 Å². The van der Waals surface area contributed by atoms with Gasteiger partial charge in [-0.15, -0.1) is 11.3 Å². The molecule has 7 heteroatoms. The first-order valence-corrected chi connectivity index (χ1v) is 12.4. The average Bonchev–Trinajstić information content (AvgIpc) is 3.59. The molecule has 0 bridgehead atoms. The lowest BCUT2D eigenvalue weighted by molar-refractivity contribution is 0.462. The number of benzene rings is 1. The van der Waals surface area contributed by atoms with Crippen molar-refractivity contribution in [2.24, 2.45) is 0 Å². The number of hydrogen-bond donors (Lipinski definition) is 1. The Morgan fingerprint density at radius 2 is 1.97 bits per heavy atom. The molecule has 0 amide bonds. The zero-order chi connectivity index (χ0) is 21.5. The Kier molecular flexibility index (Phi) is 5.15. The van der Waals surface area contributed by atoms with Gasteiger partial charge in [-0.2, -0.15) is 5.10 Å². The molecule has 0 aliphatic heterocycles. The summed E-state index contributed by atoms with van der Waals surface area (Å²) in [5.41, 5.74) is 3.78. The van der Waals surface area contributed by atoms with Gasteiger partial charge in [0.1, 0.15) is 4.83 Å². The second kappa shape index (κ2) is 8.30. The van der Waals surface area contributed by atoms with Crippen LogP contribution in [0.25, 0.3) is 15.9 Å². The van der Waals surface area contributed by atoms with Crippen LogP contribution in [0.3, 0.4) is 0 Å². The Bertz CT molecular complexity index is 1280. The summed E-state index contributed by atoms with van der Waals surface area (Å²) in [7, 11) is 0. The van der Waals surface area contributed by atoms with Crippen LogP contribution < -0.4 is 10.9 Å². The maximum absolute atomic E-state index is 13.3. The van der Waals surface area contributed by atoms with E-state index in [1.165, 1.54) is 28.8 Å². The number of aryl methyl sites for hydroxylation is 1. The summed E-state index contributed by atoms with van der Waals surface area (Å²) < 4.78 is 3.79. The summed E-state index contributed by atoms with van der Waals surface area (Å²) in [6.45, 7) is 0.844. The molecule has 2 aliphatic rings. The Morgan fingerprint density at radius 3 is 2.75 bits per heavy atom. The number of nitrogens with one attached hydrogen (secondary N) is 1. The molecule has 1 unspecified atom stereocenters. The molecule has 0 spiro atoms. The van der Waals surface area contributed by atoms with Gasteiger partial charge < -0.3 is 5.32 Å². The molecule has 164 valence electrons. The predicted molar refractivity (Wildman–Crippen MR) is 128 cm³/mol. The van der Waals surface area contributed by atoms with Gasteiger partial charge in [0, 0.05) is 35.9 Å². The Hall–Kier alpha value is -2.77. The zero-order valence-electron chi connectivity index (χ0n) is 18.0. The van der Waals surface area contributed by atoms with Crippen molar-refractivity contribution in [3.63, 3.8) is 0 Å². The summed E-state index contributed by atoms with van der Waals surface area (Å²) in [6, 6.07) is 11.2. The summed E-state index contributed by atoms with van der Waals surface area (Å²) in [4.78, 5) is 20.2. The highest BCUT2D eigenvalue weighted by molar-refractivity contribution is 7.18. The van der Waals surface area contributed by atoms with E-state index in [1.54, 1.807) is 23.9 Å². The third-order valence-electron chi connectivity index (χ3n) is 7.01. The van der Waals surface area contributed by atoms with E-state index in [2.05, 4.69) is 34.7 Å². The van der Waals surface area contributed by atoms with E-state index in [-0.39, 0.29) is 5.56 Å². The number of hydrogen-bond acceptors (Lipinski definition) is 5. The minimum atomic E-state index is 0.183. The molecule has 3 heterocycles. The van der Waals surface area contributed by atoms with Crippen LogP contribution in [0.15, 0.2) is 53.8 Å². The highest BCUT2D eigenvalue weighted by Gasteiger charge is 2.26. The predicted octanol–water partition coefficient (Wildman–Crippen LogP) is 4.41. The molecule has 1 atom stereocenters. The lowest BCUT2D eigenvalue weighted by Crippen LogP contribution is -2.34. The minimum absolute atomic E-state index is 0.183. The standard InChI is InChI=1S/C25H27N5OS/c31-25-23-21-11-8-18(26-15-17-6-9-20(10-7-17)30-13-3-12-28-30)14-22(21)32-24(23)27-16-29(25)19-4-1-2-5-19/h3,6-7,9-10,12-13,16,18-19,26H,1-2,4-5,8,11,14-15H2. The van der Waals surface area contributed by atoms with Crippen LogP contribution in [0.5, 0.6) is 0 Å². The van der Waals surface area contributed by atoms with Gasteiger partial charge in [-0.25, -0.2) is 9.67 Å². The smallest absolute Gasteiger partial charge is 0.262 e. The van der Waals surface area contributed by atoms with Gasteiger partial charge >= 0.3 is 0 Å². The average molecular weight is 446 g/mol. The van der Waals surface area contributed by atoms with Crippen molar-refractivity contribution >= 4 is 21.6 Å². The molecule has 1 saturated carbocycles. The molecule has 1 aromatic carbocycles. The van der Waals surface area contributed by atoms with E-state index in [1.807, 2.05) is 21.5 Å². The van der Waals surface area contributed by atoms with Gasteiger partial charge in [-0.3, -0.25) is 9.36 Å². The minimum Gasteiger partial charge on any atom is -0.310 e. The lowest BCUT2D eigenvalue weighted by atomic mass is 9.93. The third kappa shape index (κ3) is 3.59. The van der Waals surface area contributed by atoms with Gasteiger partial charge in [0.15, 0.2) is 0 Å². The summed E-state index contributed by atoms with van der Waals surface area (Å²) >= 11 is 1.72. The van der Waals surface area contributed by atoms with Crippen molar-refractivity contribution in [2.45, 2.75) is 63.6 Å². The van der Waals surface area contributed by atoms with Crippen molar-refractivity contribution < 1.29 is 0 Å². The fourth-order valence-electron chi connectivity index (χ4n) is 5.25. The number of rotatable bonds is 5. The van der Waals surface area contributed by atoms with Gasteiger partial charge in [0.2, 0.25) is 0 Å². The molecule has 3 aromatic heterocycles. The molecule has 6 nitrogen and oxygen atoms in total. The molecular formula is C25H27N5OS. The molecule has 1 fully saturated rings. The van der Waals surface area contributed by atoms with E-state index >= 15 is 0 Å². The molecule has 0 radical (unpaired) electrons. The number of nitrogens with zero attached hydrogens (tertiary/aromatic N) is 4. The topological polar surface area (TPSA) is 64.7 Å². The van der Waals surface area contributed by atoms with E-state index < -0.39 is 0 Å². The fraction of sp³-hybridized carbons (Fsp3) is 0.400. The van der Waals surface area contributed by atoms with E-state index in [4.69, 9.17) is 4.98 Å².